The van der Waals surface area contributed by atoms with Crippen LogP contribution in [0.25, 0.3) is 6.08 Å². The average Bonchev–Trinajstić information content (AvgIpc) is 2.19. The molecular formula is C11H14ClNO. The lowest BCUT2D eigenvalue weighted by atomic mass is 10.2. The number of pyridine rings is 1. The summed E-state index contributed by atoms with van der Waals surface area (Å²) >= 11 is 5.56. The Morgan fingerprint density at radius 2 is 2.36 bits per heavy atom. The average molecular weight is 212 g/mol. The zero-order valence-corrected chi connectivity index (χ0v) is 9.00. The van der Waals surface area contributed by atoms with Crippen molar-refractivity contribution >= 4 is 17.7 Å². The molecule has 0 atom stereocenters. The standard InChI is InChI=1S/C11H14ClNO/c1-2-14-11-7-10(8-13-9-11)5-3-4-6-12/h3,5,7-9H,2,4,6H2,1H3/b5-3+. The summed E-state index contributed by atoms with van der Waals surface area (Å²) in [5, 5.41) is 0. The molecule has 0 amide bonds. The Bertz CT molecular complexity index is 299. The van der Waals surface area contributed by atoms with Crippen LogP contribution in [0.4, 0.5) is 0 Å². The minimum atomic E-state index is 0.648. The smallest absolute Gasteiger partial charge is 0.138 e. The van der Waals surface area contributed by atoms with Gasteiger partial charge in [-0.05, 0) is 25.0 Å². The van der Waals surface area contributed by atoms with Crippen LogP contribution < -0.4 is 4.74 Å². The fourth-order valence-electron chi connectivity index (χ4n) is 1.05. The second-order valence-electron chi connectivity index (χ2n) is 2.77. The summed E-state index contributed by atoms with van der Waals surface area (Å²) < 4.78 is 5.33. The summed E-state index contributed by atoms with van der Waals surface area (Å²) in [5.41, 5.74) is 1.04. The highest BCUT2D eigenvalue weighted by molar-refractivity contribution is 6.17. The van der Waals surface area contributed by atoms with E-state index < -0.39 is 0 Å². The number of rotatable bonds is 5. The van der Waals surface area contributed by atoms with Gasteiger partial charge in [0.2, 0.25) is 0 Å². The van der Waals surface area contributed by atoms with Crippen LogP contribution >= 0.6 is 11.6 Å². The number of nitrogens with zero attached hydrogens (tertiary/aromatic N) is 1. The van der Waals surface area contributed by atoms with E-state index in [1.54, 1.807) is 12.4 Å². The van der Waals surface area contributed by atoms with Gasteiger partial charge in [0.25, 0.3) is 0 Å². The van der Waals surface area contributed by atoms with Crippen molar-refractivity contribution in [3.05, 3.63) is 30.1 Å². The molecule has 1 heterocycles. The van der Waals surface area contributed by atoms with E-state index in [-0.39, 0.29) is 0 Å². The molecule has 1 aromatic rings. The first-order chi connectivity index (χ1) is 6.86. The number of halogens is 1. The predicted molar refractivity (Wildman–Crippen MR) is 59.8 cm³/mol. The monoisotopic (exact) mass is 211 g/mol. The molecule has 0 aliphatic heterocycles. The van der Waals surface area contributed by atoms with E-state index in [2.05, 4.69) is 4.98 Å². The third-order valence-corrected chi connectivity index (χ3v) is 1.85. The molecule has 0 bridgehead atoms. The number of ether oxygens (including phenoxy) is 1. The summed E-state index contributed by atoms with van der Waals surface area (Å²) in [5.74, 6) is 1.45. The molecule has 0 aliphatic rings. The topological polar surface area (TPSA) is 22.1 Å². The largest absolute Gasteiger partial charge is 0.492 e. The second-order valence-corrected chi connectivity index (χ2v) is 3.14. The molecule has 2 nitrogen and oxygen atoms in total. The minimum absolute atomic E-state index is 0.648. The molecule has 76 valence electrons. The molecule has 3 heteroatoms. The van der Waals surface area contributed by atoms with Crippen LogP contribution in [0, 0.1) is 0 Å². The third kappa shape index (κ3) is 3.79. The van der Waals surface area contributed by atoms with E-state index in [0.29, 0.717) is 12.5 Å². The molecule has 1 rings (SSSR count). The zero-order valence-electron chi connectivity index (χ0n) is 8.24. The Hall–Kier alpha value is -1.02. The highest BCUT2D eigenvalue weighted by atomic mass is 35.5. The van der Waals surface area contributed by atoms with Crippen molar-refractivity contribution in [2.75, 3.05) is 12.5 Å². The van der Waals surface area contributed by atoms with Gasteiger partial charge in [-0.3, -0.25) is 4.98 Å². The highest BCUT2D eigenvalue weighted by Crippen LogP contribution is 2.12. The van der Waals surface area contributed by atoms with Crippen LogP contribution in [0.5, 0.6) is 5.75 Å². The van der Waals surface area contributed by atoms with Crippen LogP contribution in [-0.4, -0.2) is 17.5 Å². The van der Waals surface area contributed by atoms with Gasteiger partial charge in [-0.2, -0.15) is 0 Å². The van der Waals surface area contributed by atoms with Gasteiger partial charge >= 0.3 is 0 Å². The summed E-state index contributed by atoms with van der Waals surface area (Å²) in [7, 11) is 0. The molecular weight excluding hydrogens is 198 g/mol. The zero-order chi connectivity index (χ0) is 10.2. The van der Waals surface area contributed by atoms with E-state index in [0.717, 1.165) is 17.7 Å². The summed E-state index contributed by atoms with van der Waals surface area (Å²) in [4.78, 5) is 4.07. The van der Waals surface area contributed by atoms with Gasteiger partial charge in [-0.25, -0.2) is 0 Å². The fourth-order valence-corrected chi connectivity index (χ4v) is 1.18. The van der Waals surface area contributed by atoms with Crippen LogP contribution in [0.15, 0.2) is 24.5 Å². The number of allylic oxidation sites excluding steroid dienone is 1. The quantitative estimate of drug-likeness (QED) is 0.699. The molecule has 0 saturated heterocycles. The second kappa shape index (κ2) is 6.44. The van der Waals surface area contributed by atoms with Crippen molar-refractivity contribution in [1.82, 2.24) is 4.98 Å². The van der Waals surface area contributed by atoms with Gasteiger partial charge < -0.3 is 4.74 Å². The lowest BCUT2D eigenvalue weighted by Gasteiger charge is -2.02. The van der Waals surface area contributed by atoms with Crippen LogP contribution in [-0.2, 0) is 0 Å². The Labute approximate surface area is 89.6 Å². The van der Waals surface area contributed by atoms with Crippen molar-refractivity contribution in [2.24, 2.45) is 0 Å². The van der Waals surface area contributed by atoms with E-state index in [1.807, 2.05) is 25.1 Å². The molecule has 0 aromatic carbocycles. The number of hydrogen-bond acceptors (Lipinski definition) is 2. The van der Waals surface area contributed by atoms with Gasteiger partial charge in [-0.1, -0.05) is 12.2 Å². The first-order valence-corrected chi connectivity index (χ1v) is 5.20. The predicted octanol–water partition coefficient (Wildman–Crippen LogP) is 3.12. The van der Waals surface area contributed by atoms with Gasteiger partial charge in [-0.15, -0.1) is 11.6 Å². The lowest BCUT2D eigenvalue weighted by Crippen LogP contribution is -1.92. The fraction of sp³-hybridized carbons (Fsp3) is 0.364. The molecule has 0 unspecified atom stereocenters. The van der Waals surface area contributed by atoms with E-state index >= 15 is 0 Å². The summed E-state index contributed by atoms with van der Waals surface area (Å²) in [6, 6.07) is 1.96. The molecule has 0 N–H and O–H groups in total. The van der Waals surface area contributed by atoms with Crippen LogP contribution in [0.1, 0.15) is 18.9 Å². The minimum Gasteiger partial charge on any atom is -0.492 e. The van der Waals surface area contributed by atoms with Gasteiger partial charge in [0.1, 0.15) is 5.75 Å². The Morgan fingerprint density at radius 3 is 3.07 bits per heavy atom. The molecule has 14 heavy (non-hydrogen) atoms. The van der Waals surface area contributed by atoms with Crippen LogP contribution in [0.3, 0.4) is 0 Å². The molecule has 0 fully saturated rings. The van der Waals surface area contributed by atoms with Crippen LogP contribution in [0.2, 0.25) is 0 Å². The Balaban J connectivity index is 2.63. The van der Waals surface area contributed by atoms with Crippen molar-refractivity contribution in [3.63, 3.8) is 0 Å². The highest BCUT2D eigenvalue weighted by Gasteiger charge is 1.93. The summed E-state index contributed by atoms with van der Waals surface area (Å²) in [6.07, 6.45) is 8.41. The van der Waals surface area contributed by atoms with E-state index in [4.69, 9.17) is 16.3 Å². The molecule has 0 aliphatic carbocycles. The Kier molecular flexibility index (Phi) is 5.08. The van der Waals surface area contributed by atoms with Crippen molar-refractivity contribution < 1.29 is 4.74 Å². The Morgan fingerprint density at radius 1 is 1.50 bits per heavy atom. The van der Waals surface area contributed by atoms with E-state index in [9.17, 15) is 0 Å². The van der Waals surface area contributed by atoms with Gasteiger partial charge in [0, 0.05) is 12.1 Å². The summed E-state index contributed by atoms with van der Waals surface area (Å²) in [6.45, 7) is 2.62. The first-order valence-electron chi connectivity index (χ1n) is 4.67. The third-order valence-electron chi connectivity index (χ3n) is 1.63. The molecule has 0 radical (unpaired) electrons. The SMILES string of the molecule is CCOc1cncc(/C=C/CCCl)c1. The molecule has 0 spiro atoms. The number of hydrogen-bond donors (Lipinski definition) is 0. The molecule has 1 aromatic heterocycles. The first kappa shape index (κ1) is 11.1. The van der Waals surface area contributed by atoms with Crippen molar-refractivity contribution in [3.8, 4) is 5.75 Å². The van der Waals surface area contributed by atoms with Gasteiger partial charge in [0.15, 0.2) is 0 Å². The van der Waals surface area contributed by atoms with E-state index in [1.165, 1.54) is 0 Å². The maximum Gasteiger partial charge on any atom is 0.138 e. The lowest BCUT2D eigenvalue weighted by molar-refractivity contribution is 0.339. The van der Waals surface area contributed by atoms with Crippen molar-refractivity contribution in [1.29, 1.82) is 0 Å². The normalized spacial score (nSPS) is 10.7. The van der Waals surface area contributed by atoms with Crippen molar-refractivity contribution in [2.45, 2.75) is 13.3 Å². The maximum absolute atomic E-state index is 5.56. The molecule has 0 saturated carbocycles. The van der Waals surface area contributed by atoms with Gasteiger partial charge in [0.05, 0.1) is 12.8 Å². The number of alkyl halides is 1. The maximum atomic E-state index is 5.56. The number of aromatic nitrogens is 1.